The molecule has 4 nitrogen and oxygen atoms in total. The topological polar surface area (TPSA) is 42.5 Å². The highest BCUT2D eigenvalue weighted by Crippen LogP contribution is 2.30. The van der Waals surface area contributed by atoms with Gasteiger partial charge in [-0.05, 0) is 86.2 Å². The van der Waals surface area contributed by atoms with Crippen molar-refractivity contribution in [2.24, 2.45) is 0 Å². The van der Waals surface area contributed by atoms with E-state index in [9.17, 15) is 0 Å². The van der Waals surface area contributed by atoms with Gasteiger partial charge in [0.1, 0.15) is 13.2 Å². The van der Waals surface area contributed by atoms with Crippen LogP contribution in [0.1, 0.15) is 47.9 Å². The van der Waals surface area contributed by atoms with Gasteiger partial charge in [-0.2, -0.15) is 0 Å². The Hall–Kier alpha value is -3.02. The Bertz CT molecular complexity index is 1210. The first-order valence-corrected chi connectivity index (χ1v) is 14.8. The highest BCUT2D eigenvalue weighted by atomic mass is 35.5. The van der Waals surface area contributed by atoms with E-state index < -0.39 is 0 Å². The molecule has 0 spiro atoms. The molecule has 0 saturated heterocycles. The van der Waals surface area contributed by atoms with E-state index in [0.29, 0.717) is 13.2 Å². The quantitative estimate of drug-likeness (QED) is 0.105. The zero-order valence-electron chi connectivity index (χ0n) is 24.5. The monoisotopic (exact) mass is 608 g/mol. The third kappa shape index (κ3) is 13.8. The minimum Gasteiger partial charge on any atom is -0.485 e. The summed E-state index contributed by atoms with van der Waals surface area (Å²) < 4.78 is 12.4. The molecule has 226 valence electrons. The molecular formula is C36H46Cl2N2O2. The summed E-state index contributed by atoms with van der Waals surface area (Å²) in [6.07, 6.45) is 7.10. The Kier molecular flexibility index (Phi) is 18.1. The molecule has 0 aliphatic heterocycles. The van der Waals surface area contributed by atoms with Crippen LogP contribution in [0.15, 0.2) is 109 Å². The van der Waals surface area contributed by atoms with Gasteiger partial charge in [-0.15, -0.1) is 24.8 Å². The molecule has 0 aliphatic carbocycles. The van der Waals surface area contributed by atoms with E-state index in [0.717, 1.165) is 61.6 Å². The number of halogens is 2. The second kappa shape index (κ2) is 21.6. The van der Waals surface area contributed by atoms with E-state index in [4.69, 9.17) is 9.47 Å². The van der Waals surface area contributed by atoms with E-state index in [1.165, 1.54) is 36.8 Å². The molecule has 4 rings (SSSR count). The first-order chi connectivity index (χ1) is 19.9. The van der Waals surface area contributed by atoms with Gasteiger partial charge in [0.05, 0.1) is 0 Å². The SMILES string of the molecule is Cl.Cl.c1ccc(CCNCCCCCCNCCc2ccc(OCc3ccccc3)c(OCc3ccccc3)c2)cc1. The first kappa shape index (κ1) is 35.2. The summed E-state index contributed by atoms with van der Waals surface area (Å²) in [5.41, 5.74) is 4.95. The summed E-state index contributed by atoms with van der Waals surface area (Å²) in [6.45, 7) is 5.24. The van der Waals surface area contributed by atoms with Gasteiger partial charge >= 0.3 is 0 Å². The van der Waals surface area contributed by atoms with Crippen LogP contribution in [0.5, 0.6) is 11.5 Å². The van der Waals surface area contributed by atoms with Gasteiger partial charge in [0.25, 0.3) is 0 Å². The molecule has 0 aliphatic rings. The fraction of sp³-hybridized carbons (Fsp3) is 0.333. The number of hydrogen-bond acceptors (Lipinski definition) is 4. The van der Waals surface area contributed by atoms with Crippen molar-refractivity contribution in [2.45, 2.75) is 51.7 Å². The van der Waals surface area contributed by atoms with Gasteiger partial charge in [-0.25, -0.2) is 0 Å². The van der Waals surface area contributed by atoms with Crippen molar-refractivity contribution in [3.05, 3.63) is 131 Å². The maximum absolute atomic E-state index is 6.23. The van der Waals surface area contributed by atoms with Crippen LogP contribution < -0.4 is 20.1 Å². The lowest BCUT2D eigenvalue weighted by Gasteiger charge is -2.15. The van der Waals surface area contributed by atoms with Gasteiger partial charge in [-0.1, -0.05) is 110 Å². The maximum atomic E-state index is 6.23. The maximum Gasteiger partial charge on any atom is 0.161 e. The number of rotatable bonds is 19. The highest BCUT2D eigenvalue weighted by molar-refractivity contribution is 5.85. The average molecular weight is 610 g/mol. The first-order valence-electron chi connectivity index (χ1n) is 14.8. The Morgan fingerprint density at radius 2 is 0.857 bits per heavy atom. The van der Waals surface area contributed by atoms with Crippen molar-refractivity contribution in [3.63, 3.8) is 0 Å². The number of ether oxygens (including phenoxy) is 2. The number of benzene rings is 4. The standard InChI is InChI=1S/C36H44N2O2.2ClH/c1(12-24-37-26-22-31-14-6-3-7-15-31)2-13-25-38-27-23-32-20-21-35(39-29-33-16-8-4-9-17-33)36(28-32)40-30-34-18-10-5-11-19-34;;/h3-11,14-21,28,37-38H,1-2,12-13,22-27,29-30H2;2*1H. The Labute approximate surface area is 265 Å². The van der Waals surface area contributed by atoms with E-state index in [1.54, 1.807) is 0 Å². The van der Waals surface area contributed by atoms with Crippen LogP contribution in [0.25, 0.3) is 0 Å². The zero-order valence-corrected chi connectivity index (χ0v) is 26.1. The van der Waals surface area contributed by atoms with Gasteiger partial charge in [0.15, 0.2) is 11.5 Å². The fourth-order valence-electron chi connectivity index (χ4n) is 4.62. The summed E-state index contributed by atoms with van der Waals surface area (Å²) >= 11 is 0. The van der Waals surface area contributed by atoms with Crippen molar-refractivity contribution in [2.75, 3.05) is 26.2 Å². The fourth-order valence-corrected chi connectivity index (χ4v) is 4.62. The summed E-state index contributed by atoms with van der Waals surface area (Å²) in [6, 6.07) is 37.6. The van der Waals surface area contributed by atoms with Crippen LogP contribution in [-0.4, -0.2) is 26.2 Å². The zero-order chi connectivity index (χ0) is 27.5. The van der Waals surface area contributed by atoms with Crippen LogP contribution in [0.2, 0.25) is 0 Å². The molecule has 0 fully saturated rings. The molecule has 0 bridgehead atoms. The lowest BCUT2D eigenvalue weighted by Crippen LogP contribution is -2.19. The molecular weight excluding hydrogens is 563 g/mol. The normalized spacial score (nSPS) is 10.4. The van der Waals surface area contributed by atoms with E-state index in [-0.39, 0.29) is 24.8 Å². The van der Waals surface area contributed by atoms with Crippen LogP contribution in [-0.2, 0) is 26.1 Å². The minimum atomic E-state index is 0. The molecule has 0 heterocycles. The third-order valence-electron chi connectivity index (χ3n) is 6.96. The Balaban J connectivity index is 0.00000308. The van der Waals surface area contributed by atoms with Gasteiger partial charge in [0, 0.05) is 0 Å². The molecule has 6 heteroatoms. The summed E-state index contributed by atoms with van der Waals surface area (Å²) in [7, 11) is 0. The van der Waals surface area contributed by atoms with Crippen LogP contribution >= 0.6 is 24.8 Å². The molecule has 42 heavy (non-hydrogen) atoms. The van der Waals surface area contributed by atoms with Crippen molar-refractivity contribution >= 4 is 24.8 Å². The molecule has 0 atom stereocenters. The van der Waals surface area contributed by atoms with Crippen LogP contribution in [0.3, 0.4) is 0 Å². The second-order valence-corrected chi connectivity index (χ2v) is 10.2. The lowest BCUT2D eigenvalue weighted by atomic mass is 10.1. The molecule has 4 aromatic carbocycles. The Morgan fingerprint density at radius 1 is 0.405 bits per heavy atom. The molecule has 0 aromatic heterocycles. The van der Waals surface area contributed by atoms with Crippen molar-refractivity contribution in [1.29, 1.82) is 0 Å². The van der Waals surface area contributed by atoms with Crippen molar-refractivity contribution < 1.29 is 9.47 Å². The highest BCUT2D eigenvalue weighted by Gasteiger charge is 2.08. The number of unbranched alkanes of at least 4 members (excludes halogenated alkanes) is 3. The molecule has 0 saturated carbocycles. The third-order valence-corrected chi connectivity index (χ3v) is 6.96. The molecule has 2 N–H and O–H groups in total. The molecule has 4 aromatic rings. The summed E-state index contributed by atoms with van der Waals surface area (Å²) in [4.78, 5) is 0. The average Bonchev–Trinajstić information content (AvgIpc) is 3.01. The lowest BCUT2D eigenvalue weighted by molar-refractivity contribution is 0.255. The van der Waals surface area contributed by atoms with Crippen LogP contribution in [0, 0.1) is 0 Å². The van der Waals surface area contributed by atoms with Gasteiger partial charge in [-0.3, -0.25) is 0 Å². The van der Waals surface area contributed by atoms with Gasteiger partial charge in [0.2, 0.25) is 0 Å². The molecule has 0 amide bonds. The number of hydrogen-bond donors (Lipinski definition) is 2. The van der Waals surface area contributed by atoms with Crippen molar-refractivity contribution in [3.8, 4) is 11.5 Å². The van der Waals surface area contributed by atoms with Gasteiger partial charge < -0.3 is 20.1 Å². The van der Waals surface area contributed by atoms with E-state index >= 15 is 0 Å². The number of nitrogens with one attached hydrogen (secondary N) is 2. The largest absolute Gasteiger partial charge is 0.485 e. The summed E-state index contributed by atoms with van der Waals surface area (Å²) in [5, 5.41) is 7.19. The molecule has 0 radical (unpaired) electrons. The smallest absolute Gasteiger partial charge is 0.161 e. The van der Waals surface area contributed by atoms with E-state index in [1.807, 2.05) is 42.5 Å². The predicted octanol–water partition coefficient (Wildman–Crippen LogP) is 8.21. The summed E-state index contributed by atoms with van der Waals surface area (Å²) in [5.74, 6) is 1.58. The Morgan fingerprint density at radius 3 is 1.38 bits per heavy atom. The van der Waals surface area contributed by atoms with Crippen LogP contribution in [0.4, 0.5) is 0 Å². The second-order valence-electron chi connectivity index (χ2n) is 10.2. The minimum absolute atomic E-state index is 0. The van der Waals surface area contributed by atoms with Crippen molar-refractivity contribution in [1.82, 2.24) is 10.6 Å². The molecule has 0 unspecified atom stereocenters. The predicted molar refractivity (Wildman–Crippen MR) is 181 cm³/mol. The van der Waals surface area contributed by atoms with E-state index in [2.05, 4.69) is 77.4 Å².